The predicted octanol–water partition coefficient (Wildman–Crippen LogP) is 3.71. The van der Waals surface area contributed by atoms with Crippen LogP contribution in [-0.2, 0) is 19.1 Å². The summed E-state index contributed by atoms with van der Waals surface area (Å²) in [7, 11) is -2.26. The van der Waals surface area contributed by atoms with Gasteiger partial charge in [0.15, 0.2) is 0 Å². The molecule has 2 aromatic carbocycles. The van der Waals surface area contributed by atoms with Crippen LogP contribution in [0, 0.1) is 12.8 Å². The molecule has 0 bridgehead atoms. The van der Waals surface area contributed by atoms with Gasteiger partial charge in [-0.2, -0.15) is 8.42 Å². The fraction of sp³-hybridized carbons (Fsp3) is 0.409. The molecule has 156 valence electrons. The summed E-state index contributed by atoms with van der Waals surface area (Å²) in [6, 6.07) is 14.0. The highest BCUT2D eigenvalue weighted by molar-refractivity contribution is 7.86. The van der Waals surface area contributed by atoms with Gasteiger partial charge in [0, 0.05) is 18.9 Å². The zero-order valence-electron chi connectivity index (χ0n) is 17.2. The molecule has 0 saturated carbocycles. The van der Waals surface area contributed by atoms with Crippen LogP contribution in [0.1, 0.15) is 37.4 Å². The summed E-state index contributed by atoms with van der Waals surface area (Å²) in [6.45, 7) is 6.03. The second-order valence-electron chi connectivity index (χ2n) is 7.53. The van der Waals surface area contributed by atoms with Crippen LogP contribution in [0.25, 0.3) is 0 Å². The average Bonchev–Trinajstić information content (AvgIpc) is 3.09. The Labute approximate surface area is 172 Å². The molecule has 1 amide bonds. The Morgan fingerprint density at radius 1 is 1.03 bits per heavy atom. The molecule has 1 heterocycles. The average molecular weight is 418 g/mol. The van der Waals surface area contributed by atoms with E-state index >= 15 is 0 Å². The van der Waals surface area contributed by atoms with Crippen molar-refractivity contribution in [3.05, 3.63) is 59.7 Å². The van der Waals surface area contributed by atoms with Gasteiger partial charge >= 0.3 is 0 Å². The zero-order valence-corrected chi connectivity index (χ0v) is 18.0. The monoisotopic (exact) mass is 417 g/mol. The van der Waals surface area contributed by atoms with E-state index in [4.69, 9.17) is 8.92 Å². The molecule has 1 aliphatic heterocycles. The van der Waals surface area contributed by atoms with Gasteiger partial charge in [0.05, 0.1) is 24.2 Å². The van der Waals surface area contributed by atoms with Gasteiger partial charge in [0.1, 0.15) is 5.75 Å². The van der Waals surface area contributed by atoms with Gasteiger partial charge in [-0.1, -0.05) is 29.8 Å². The number of aryl methyl sites for hydroxylation is 1. The maximum atomic E-state index is 12.6. The normalized spacial score (nSPS) is 19.2. The quantitative estimate of drug-likeness (QED) is 0.642. The van der Waals surface area contributed by atoms with Crippen LogP contribution in [0.2, 0.25) is 0 Å². The minimum Gasteiger partial charge on any atom is -0.497 e. The van der Waals surface area contributed by atoms with Crippen molar-refractivity contribution in [1.82, 2.24) is 4.90 Å². The second-order valence-corrected chi connectivity index (χ2v) is 9.10. The highest BCUT2D eigenvalue weighted by atomic mass is 32.2. The van der Waals surface area contributed by atoms with Crippen molar-refractivity contribution in [2.45, 2.75) is 44.2 Å². The Kier molecular flexibility index (Phi) is 6.29. The number of hydrogen-bond donors (Lipinski definition) is 0. The van der Waals surface area contributed by atoms with E-state index in [1.165, 1.54) is 12.1 Å². The molecule has 7 heteroatoms. The number of hydrogen-bond acceptors (Lipinski definition) is 5. The molecular weight excluding hydrogens is 390 g/mol. The van der Waals surface area contributed by atoms with Crippen LogP contribution in [0.4, 0.5) is 0 Å². The number of methoxy groups -OCH3 is 1. The summed E-state index contributed by atoms with van der Waals surface area (Å²) in [5.74, 6) is 0.569. The molecule has 0 N–H and O–H groups in total. The lowest BCUT2D eigenvalue weighted by atomic mass is 10.0. The number of carbonyl (C=O) groups excluding carboxylic acids is 1. The third-order valence-electron chi connectivity index (χ3n) is 5.51. The van der Waals surface area contributed by atoms with Gasteiger partial charge < -0.3 is 9.64 Å². The van der Waals surface area contributed by atoms with Crippen molar-refractivity contribution < 1.29 is 22.1 Å². The van der Waals surface area contributed by atoms with E-state index in [-0.39, 0.29) is 29.2 Å². The molecule has 3 rings (SSSR count). The summed E-state index contributed by atoms with van der Waals surface area (Å²) in [6.07, 6.45) is -0.330. The Morgan fingerprint density at radius 2 is 1.66 bits per heavy atom. The predicted molar refractivity (Wildman–Crippen MR) is 110 cm³/mol. The van der Waals surface area contributed by atoms with Crippen molar-refractivity contribution >= 4 is 16.0 Å². The molecule has 29 heavy (non-hydrogen) atoms. The number of likely N-dealkylation sites (tertiary alicyclic amines) is 1. The number of nitrogens with zero attached hydrogens (tertiary/aromatic N) is 1. The number of benzene rings is 2. The fourth-order valence-electron chi connectivity index (χ4n) is 3.55. The van der Waals surface area contributed by atoms with E-state index in [0.29, 0.717) is 6.54 Å². The van der Waals surface area contributed by atoms with Crippen LogP contribution < -0.4 is 4.74 Å². The Hall–Kier alpha value is -2.38. The molecule has 0 radical (unpaired) electrons. The fourth-order valence-corrected chi connectivity index (χ4v) is 4.69. The number of amides is 1. The lowest BCUT2D eigenvalue weighted by molar-refractivity contribution is -0.129. The van der Waals surface area contributed by atoms with Crippen LogP contribution in [0.3, 0.4) is 0 Å². The Bertz CT molecular complexity index is 954. The topological polar surface area (TPSA) is 72.9 Å². The van der Waals surface area contributed by atoms with Gasteiger partial charge in [-0.3, -0.25) is 8.98 Å². The summed E-state index contributed by atoms with van der Waals surface area (Å²) in [4.78, 5) is 14.5. The summed E-state index contributed by atoms with van der Waals surface area (Å²) >= 11 is 0. The van der Waals surface area contributed by atoms with Crippen LogP contribution in [0.15, 0.2) is 53.4 Å². The smallest absolute Gasteiger partial charge is 0.297 e. The van der Waals surface area contributed by atoms with Gasteiger partial charge in [-0.25, -0.2) is 0 Å². The Morgan fingerprint density at radius 3 is 2.24 bits per heavy atom. The molecular formula is C22H27NO5S. The van der Waals surface area contributed by atoms with E-state index in [0.717, 1.165) is 16.9 Å². The first-order valence-corrected chi connectivity index (χ1v) is 11.1. The standard InChI is InChI=1S/C22H27NO5S/c1-15-5-11-21(12-6-15)29(25,26)28-17(3)19-13-22(24)23(14-19)16(2)18-7-9-20(27-4)10-8-18/h5-12,16-17,19H,13-14H2,1-4H3/t16?,17?,19-/m1/s1. The zero-order chi connectivity index (χ0) is 21.2. The first kappa shape index (κ1) is 21.3. The minimum absolute atomic E-state index is 0.00139. The first-order valence-electron chi connectivity index (χ1n) is 9.64. The maximum Gasteiger partial charge on any atom is 0.297 e. The second kappa shape index (κ2) is 8.55. The number of carbonyl (C=O) groups is 1. The molecule has 1 fully saturated rings. The van der Waals surface area contributed by atoms with E-state index in [1.807, 2.05) is 38.1 Å². The lowest BCUT2D eigenvalue weighted by Crippen LogP contribution is -2.31. The lowest BCUT2D eigenvalue weighted by Gasteiger charge is -2.26. The molecule has 6 nitrogen and oxygen atoms in total. The largest absolute Gasteiger partial charge is 0.497 e. The maximum absolute atomic E-state index is 12.6. The van der Waals surface area contributed by atoms with Gasteiger partial charge in [-0.05, 0) is 50.6 Å². The molecule has 1 saturated heterocycles. The van der Waals surface area contributed by atoms with Crippen LogP contribution in [-0.4, -0.2) is 39.0 Å². The molecule has 0 aliphatic carbocycles. The van der Waals surface area contributed by atoms with E-state index in [1.54, 1.807) is 31.1 Å². The molecule has 2 unspecified atom stereocenters. The third-order valence-corrected chi connectivity index (χ3v) is 6.91. The molecule has 1 aliphatic rings. The van der Waals surface area contributed by atoms with Crippen molar-refractivity contribution in [3.63, 3.8) is 0 Å². The minimum atomic E-state index is -3.87. The number of rotatable bonds is 7. The van der Waals surface area contributed by atoms with Crippen molar-refractivity contribution in [2.75, 3.05) is 13.7 Å². The summed E-state index contributed by atoms with van der Waals surface area (Å²) < 4.78 is 35.7. The van der Waals surface area contributed by atoms with Gasteiger partial charge in [0.25, 0.3) is 10.1 Å². The third kappa shape index (κ3) is 4.79. The van der Waals surface area contributed by atoms with Crippen LogP contribution >= 0.6 is 0 Å². The number of ether oxygens (including phenoxy) is 1. The molecule has 2 aromatic rings. The SMILES string of the molecule is COc1ccc(C(C)N2C[C@H](C(C)OS(=O)(=O)c3ccc(C)cc3)CC2=O)cc1. The first-order chi connectivity index (χ1) is 13.7. The van der Waals surface area contributed by atoms with Crippen LogP contribution in [0.5, 0.6) is 5.75 Å². The highest BCUT2D eigenvalue weighted by Crippen LogP contribution is 2.32. The van der Waals surface area contributed by atoms with E-state index < -0.39 is 16.2 Å². The highest BCUT2D eigenvalue weighted by Gasteiger charge is 2.38. The Balaban J connectivity index is 1.67. The van der Waals surface area contributed by atoms with Gasteiger partial charge in [0.2, 0.25) is 5.91 Å². The summed E-state index contributed by atoms with van der Waals surface area (Å²) in [5.41, 5.74) is 1.97. The molecule has 0 spiro atoms. The molecule has 0 aromatic heterocycles. The van der Waals surface area contributed by atoms with E-state index in [9.17, 15) is 13.2 Å². The molecule has 3 atom stereocenters. The van der Waals surface area contributed by atoms with E-state index in [2.05, 4.69) is 0 Å². The van der Waals surface area contributed by atoms with Gasteiger partial charge in [-0.15, -0.1) is 0 Å². The van der Waals surface area contributed by atoms with Crippen molar-refractivity contribution in [3.8, 4) is 5.75 Å². The van der Waals surface area contributed by atoms with Crippen molar-refractivity contribution in [2.24, 2.45) is 5.92 Å². The van der Waals surface area contributed by atoms with Crippen molar-refractivity contribution in [1.29, 1.82) is 0 Å². The summed E-state index contributed by atoms with van der Waals surface area (Å²) in [5, 5.41) is 0.